The summed E-state index contributed by atoms with van der Waals surface area (Å²) in [6.07, 6.45) is 4.92. The van der Waals surface area contributed by atoms with Crippen LogP contribution in [0.5, 0.6) is 0 Å². The third-order valence-electron chi connectivity index (χ3n) is 4.02. The van der Waals surface area contributed by atoms with Crippen LogP contribution in [0.3, 0.4) is 0 Å². The van der Waals surface area contributed by atoms with Crippen LogP contribution in [0.25, 0.3) is 11.5 Å². The summed E-state index contributed by atoms with van der Waals surface area (Å²) in [5.41, 5.74) is 1.78. The lowest BCUT2D eigenvalue weighted by atomic mass is 10.2. The molecular formula is C19H19FN4O2. The maximum atomic E-state index is 13.0. The number of aryl methyl sites for hydroxylation is 1. The molecule has 0 fully saturated rings. The molecule has 3 aromatic rings. The van der Waals surface area contributed by atoms with Crippen LogP contribution < -0.4 is 0 Å². The number of likely N-dealkylation sites (N-methyl/N-ethyl adjacent to an activating group) is 1. The molecule has 0 spiro atoms. The first-order valence-corrected chi connectivity index (χ1v) is 8.33. The Bertz CT molecular complexity index is 849. The zero-order valence-electron chi connectivity index (χ0n) is 14.4. The van der Waals surface area contributed by atoms with Crippen molar-refractivity contribution in [1.29, 1.82) is 0 Å². The monoisotopic (exact) mass is 354 g/mol. The number of halogens is 1. The van der Waals surface area contributed by atoms with Crippen LogP contribution in [0.1, 0.15) is 17.9 Å². The van der Waals surface area contributed by atoms with Gasteiger partial charge in [0, 0.05) is 44.4 Å². The average Bonchev–Trinajstić information content (AvgIpc) is 3.14. The summed E-state index contributed by atoms with van der Waals surface area (Å²) in [4.78, 5) is 17.9. The van der Waals surface area contributed by atoms with E-state index >= 15 is 0 Å². The summed E-state index contributed by atoms with van der Waals surface area (Å²) in [5, 5.41) is 7.90. The number of benzene rings is 1. The topological polar surface area (TPSA) is 72.1 Å². The summed E-state index contributed by atoms with van der Waals surface area (Å²) in [6.45, 7) is 0.632. The van der Waals surface area contributed by atoms with Crippen molar-refractivity contribution in [3.05, 3.63) is 66.1 Å². The molecule has 0 unspecified atom stereocenters. The van der Waals surface area contributed by atoms with Gasteiger partial charge >= 0.3 is 0 Å². The SMILES string of the molecule is CN(CCc1ccncc1)C(=O)CCc1nnc(-c2ccc(F)cc2)o1. The zero-order valence-corrected chi connectivity index (χ0v) is 14.4. The maximum absolute atomic E-state index is 13.0. The molecule has 0 aliphatic carbocycles. The summed E-state index contributed by atoms with van der Waals surface area (Å²) < 4.78 is 18.5. The van der Waals surface area contributed by atoms with Crippen LogP contribution in [0.15, 0.2) is 53.2 Å². The number of nitrogens with zero attached hydrogens (tertiary/aromatic N) is 4. The number of hydrogen-bond acceptors (Lipinski definition) is 5. The van der Waals surface area contributed by atoms with Gasteiger partial charge in [0.05, 0.1) is 0 Å². The van der Waals surface area contributed by atoms with Gasteiger partial charge in [-0.3, -0.25) is 9.78 Å². The van der Waals surface area contributed by atoms with Gasteiger partial charge in [0.25, 0.3) is 0 Å². The van der Waals surface area contributed by atoms with Crippen molar-refractivity contribution in [3.63, 3.8) is 0 Å². The second-order valence-electron chi connectivity index (χ2n) is 5.93. The first-order valence-electron chi connectivity index (χ1n) is 8.33. The second-order valence-corrected chi connectivity index (χ2v) is 5.93. The Morgan fingerprint density at radius 3 is 2.54 bits per heavy atom. The molecule has 0 N–H and O–H groups in total. The van der Waals surface area contributed by atoms with Crippen molar-refractivity contribution in [1.82, 2.24) is 20.1 Å². The van der Waals surface area contributed by atoms with E-state index in [-0.39, 0.29) is 18.1 Å². The molecule has 6 nitrogen and oxygen atoms in total. The van der Waals surface area contributed by atoms with Gasteiger partial charge in [-0.15, -0.1) is 10.2 Å². The van der Waals surface area contributed by atoms with Crippen LogP contribution in [0, 0.1) is 5.82 Å². The second kappa shape index (κ2) is 8.33. The van der Waals surface area contributed by atoms with Gasteiger partial charge in [-0.25, -0.2) is 4.39 Å². The van der Waals surface area contributed by atoms with Crippen molar-refractivity contribution in [2.45, 2.75) is 19.3 Å². The van der Waals surface area contributed by atoms with Gasteiger partial charge in [0.15, 0.2) is 0 Å². The predicted octanol–water partition coefficient (Wildman–Crippen LogP) is 2.90. The Labute approximate surface area is 150 Å². The average molecular weight is 354 g/mol. The van der Waals surface area contributed by atoms with E-state index in [2.05, 4.69) is 15.2 Å². The van der Waals surface area contributed by atoms with E-state index in [9.17, 15) is 9.18 Å². The largest absolute Gasteiger partial charge is 0.421 e. The molecule has 0 aliphatic rings. The number of carbonyl (C=O) groups is 1. The van der Waals surface area contributed by atoms with Gasteiger partial charge in [-0.1, -0.05) is 0 Å². The van der Waals surface area contributed by atoms with Gasteiger partial charge < -0.3 is 9.32 Å². The van der Waals surface area contributed by atoms with Crippen LogP contribution in [0.2, 0.25) is 0 Å². The minimum Gasteiger partial charge on any atom is -0.421 e. The molecule has 2 heterocycles. The molecule has 1 aromatic carbocycles. The normalized spacial score (nSPS) is 10.7. The fraction of sp³-hybridized carbons (Fsp3) is 0.263. The zero-order chi connectivity index (χ0) is 18.4. The maximum Gasteiger partial charge on any atom is 0.247 e. The Kier molecular flexibility index (Phi) is 5.68. The molecule has 0 bridgehead atoms. The van der Waals surface area contributed by atoms with Gasteiger partial charge in [0.1, 0.15) is 5.82 Å². The number of hydrogen-bond donors (Lipinski definition) is 0. The van der Waals surface area contributed by atoms with Gasteiger partial charge in [-0.05, 0) is 48.4 Å². The first kappa shape index (κ1) is 17.7. The van der Waals surface area contributed by atoms with Crippen LogP contribution in [-0.2, 0) is 17.6 Å². The molecule has 1 amide bonds. The van der Waals surface area contributed by atoms with Crippen LogP contribution in [-0.4, -0.2) is 39.6 Å². The van der Waals surface area contributed by atoms with Gasteiger partial charge in [-0.2, -0.15) is 0 Å². The first-order chi connectivity index (χ1) is 12.6. The minimum absolute atomic E-state index is 0.0144. The number of amides is 1. The van der Waals surface area contributed by atoms with E-state index in [1.807, 2.05) is 12.1 Å². The van der Waals surface area contributed by atoms with E-state index < -0.39 is 0 Å². The van der Waals surface area contributed by atoms with Crippen molar-refractivity contribution < 1.29 is 13.6 Å². The molecule has 0 saturated carbocycles. The van der Waals surface area contributed by atoms with Crippen molar-refractivity contribution in [2.24, 2.45) is 0 Å². The highest BCUT2D eigenvalue weighted by Crippen LogP contribution is 2.18. The van der Waals surface area contributed by atoms with Crippen LogP contribution in [0.4, 0.5) is 4.39 Å². The van der Waals surface area contributed by atoms with Crippen molar-refractivity contribution >= 4 is 5.91 Å². The summed E-state index contributed by atoms with van der Waals surface area (Å²) in [5.74, 6) is 0.396. The fourth-order valence-corrected chi connectivity index (χ4v) is 2.44. The van der Waals surface area contributed by atoms with Crippen molar-refractivity contribution in [2.75, 3.05) is 13.6 Å². The molecule has 26 heavy (non-hydrogen) atoms. The highest BCUT2D eigenvalue weighted by Gasteiger charge is 2.13. The highest BCUT2D eigenvalue weighted by atomic mass is 19.1. The summed E-state index contributed by atoms with van der Waals surface area (Å²) >= 11 is 0. The Balaban J connectivity index is 1.49. The van der Waals surface area contributed by atoms with Crippen LogP contribution >= 0.6 is 0 Å². The predicted molar refractivity (Wildman–Crippen MR) is 93.6 cm³/mol. The number of carbonyl (C=O) groups excluding carboxylic acids is 1. The Morgan fingerprint density at radius 2 is 1.81 bits per heavy atom. The Hall–Kier alpha value is -3.09. The Morgan fingerprint density at radius 1 is 1.08 bits per heavy atom. The minimum atomic E-state index is -0.325. The lowest BCUT2D eigenvalue weighted by Gasteiger charge is -2.16. The number of aromatic nitrogens is 3. The third-order valence-corrected chi connectivity index (χ3v) is 4.02. The van der Waals surface area contributed by atoms with E-state index in [1.54, 1.807) is 36.5 Å². The van der Waals surface area contributed by atoms with E-state index in [4.69, 9.17) is 4.42 Å². The quantitative estimate of drug-likeness (QED) is 0.652. The number of rotatable bonds is 7. The lowest BCUT2D eigenvalue weighted by Crippen LogP contribution is -2.29. The van der Waals surface area contributed by atoms with Crippen molar-refractivity contribution in [3.8, 4) is 11.5 Å². The van der Waals surface area contributed by atoms with E-state index in [1.165, 1.54) is 12.1 Å². The molecular weight excluding hydrogens is 335 g/mol. The lowest BCUT2D eigenvalue weighted by molar-refractivity contribution is -0.129. The number of pyridine rings is 1. The van der Waals surface area contributed by atoms with Gasteiger partial charge in [0.2, 0.25) is 17.7 Å². The molecule has 3 rings (SSSR count). The molecule has 0 saturated heterocycles. The van der Waals surface area contributed by atoms with E-state index in [0.717, 1.165) is 12.0 Å². The molecule has 134 valence electrons. The smallest absolute Gasteiger partial charge is 0.247 e. The third kappa shape index (κ3) is 4.72. The molecule has 2 aromatic heterocycles. The summed E-state index contributed by atoms with van der Waals surface area (Å²) in [6, 6.07) is 9.69. The summed E-state index contributed by atoms with van der Waals surface area (Å²) in [7, 11) is 1.78. The standard InChI is InChI=1S/C19H19FN4O2/c1-24(13-10-14-8-11-21-12-9-14)18(25)7-6-17-22-23-19(26-17)15-2-4-16(20)5-3-15/h2-5,8-9,11-12H,6-7,10,13H2,1H3. The highest BCUT2D eigenvalue weighted by molar-refractivity contribution is 5.76. The molecule has 0 radical (unpaired) electrons. The van der Waals surface area contributed by atoms with E-state index in [0.29, 0.717) is 30.3 Å². The molecule has 0 aliphatic heterocycles. The molecule has 0 atom stereocenters. The fourth-order valence-electron chi connectivity index (χ4n) is 2.44. The molecule has 7 heteroatoms.